The van der Waals surface area contributed by atoms with Crippen molar-refractivity contribution in [3.05, 3.63) is 47.5 Å². The summed E-state index contributed by atoms with van der Waals surface area (Å²) in [6.45, 7) is 4.62. The van der Waals surface area contributed by atoms with Crippen LogP contribution >= 0.6 is 0 Å². The quantitative estimate of drug-likeness (QED) is 0.527. The van der Waals surface area contributed by atoms with E-state index in [1.165, 1.54) is 74.1 Å². The summed E-state index contributed by atoms with van der Waals surface area (Å²) in [7, 11) is 0. The smallest absolute Gasteiger partial charge is 0.0162 e. The van der Waals surface area contributed by atoms with Gasteiger partial charge in [-0.1, -0.05) is 69.5 Å². The molecule has 0 heteroatoms. The molecule has 0 atom stereocenters. The highest BCUT2D eigenvalue weighted by atomic mass is 14.4. The number of hydrogen-bond acceptors (Lipinski definition) is 0. The van der Waals surface area contributed by atoms with E-state index in [0.717, 1.165) is 30.1 Å². The highest BCUT2D eigenvalue weighted by Gasteiger charge is 2.30. The molecule has 0 saturated heterocycles. The van der Waals surface area contributed by atoms with Gasteiger partial charge in [-0.25, -0.2) is 0 Å². The van der Waals surface area contributed by atoms with Crippen LogP contribution in [0.2, 0.25) is 0 Å². The molecule has 0 amide bonds. The van der Waals surface area contributed by atoms with Crippen LogP contribution in [0.25, 0.3) is 10.8 Å². The van der Waals surface area contributed by atoms with Crippen molar-refractivity contribution in [1.29, 1.82) is 0 Å². The second-order valence-corrected chi connectivity index (χ2v) is 9.10. The third kappa shape index (κ3) is 3.85. The lowest BCUT2D eigenvalue weighted by molar-refractivity contribution is 0.158. The molecule has 0 unspecified atom stereocenters. The van der Waals surface area contributed by atoms with Crippen molar-refractivity contribution in [2.24, 2.45) is 17.8 Å². The van der Waals surface area contributed by atoms with Crippen LogP contribution in [0.3, 0.4) is 0 Å². The SMILES string of the molecule is CCc1ccc2cc(C3CCC(C4CCC(CC)CC4)CC3)ccc2c1. The molecule has 2 aromatic rings. The molecule has 0 aliphatic heterocycles. The maximum Gasteiger partial charge on any atom is -0.0162 e. The van der Waals surface area contributed by atoms with Crippen molar-refractivity contribution < 1.29 is 0 Å². The van der Waals surface area contributed by atoms with Crippen molar-refractivity contribution in [3.63, 3.8) is 0 Å². The third-order valence-electron chi connectivity index (χ3n) is 7.72. The van der Waals surface area contributed by atoms with Crippen LogP contribution < -0.4 is 0 Å². The molecule has 2 aliphatic carbocycles. The molecule has 2 fully saturated rings. The van der Waals surface area contributed by atoms with Crippen LogP contribution in [0.4, 0.5) is 0 Å². The molecular weight excluding hydrogens is 312 g/mol. The van der Waals surface area contributed by atoms with Crippen LogP contribution in [0.5, 0.6) is 0 Å². The molecule has 0 bridgehead atoms. The Morgan fingerprint density at radius 1 is 0.692 bits per heavy atom. The van der Waals surface area contributed by atoms with E-state index >= 15 is 0 Å². The molecule has 4 rings (SSSR count). The van der Waals surface area contributed by atoms with Gasteiger partial charge in [0.15, 0.2) is 0 Å². The Balaban J connectivity index is 1.38. The summed E-state index contributed by atoms with van der Waals surface area (Å²) in [5.74, 6) is 3.90. The molecule has 0 N–H and O–H groups in total. The van der Waals surface area contributed by atoms with Gasteiger partial charge in [0, 0.05) is 0 Å². The van der Waals surface area contributed by atoms with Crippen LogP contribution in [0.1, 0.15) is 88.7 Å². The molecular formula is C26H36. The molecule has 26 heavy (non-hydrogen) atoms. The first-order valence-electron chi connectivity index (χ1n) is 11.3. The number of aryl methyl sites for hydroxylation is 1. The monoisotopic (exact) mass is 348 g/mol. The summed E-state index contributed by atoms with van der Waals surface area (Å²) in [4.78, 5) is 0. The minimum atomic E-state index is 0.800. The summed E-state index contributed by atoms with van der Waals surface area (Å²) in [5.41, 5.74) is 3.04. The van der Waals surface area contributed by atoms with Gasteiger partial charge in [-0.15, -0.1) is 0 Å². The molecule has 0 nitrogen and oxygen atoms in total. The minimum absolute atomic E-state index is 0.800. The predicted octanol–water partition coefficient (Wildman–Crippen LogP) is 7.89. The summed E-state index contributed by atoms with van der Waals surface area (Å²) >= 11 is 0. The van der Waals surface area contributed by atoms with Crippen LogP contribution in [0, 0.1) is 17.8 Å². The Labute approximate surface area is 160 Å². The number of benzene rings is 2. The summed E-state index contributed by atoms with van der Waals surface area (Å²) < 4.78 is 0. The summed E-state index contributed by atoms with van der Waals surface area (Å²) in [6, 6.07) is 14.3. The van der Waals surface area contributed by atoms with Gasteiger partial charge in [0.1, 0.15) is 0 Å². The third-order valence-corrected chi connectivity index (χ3v) is 7.72. The topological polar surface area (TPSA) is 0 Å². The maximum absolute atomic E-state index is 2.48. The first kappa shape index (κ1) is 18.1. The lowest BCUT2D eigenvalue weighted by Crippen LogP contribution is -2.25. The molecule has 2 saturated carbocycles. The average molecular weight is 349 g/mol. The van der Waals surface area contributed by atoms with E-state index in [2.05, 4.69) is 50.2 Å². The molecule has 2 aromatic carbocycles. The second kappa shape index (κ2) is 8.15. The van der Waals surface area contributed by atoms with Crippen LogP contribution in [-0.2, 0) is 6.42 Å². The number of fused-ring (bicyclic) bond motifs is 1. The number of rotatable bonds is 4. The Kier molecular flexibility index (Phi) is 5.67. The lowest BCUT2D eigenvalue weighted by Gasteiger charge is -2.38. The van der Waals surface area contributed by atoms with Gasteiger partial charge in [0.05, 0.1) is 0 Å². The Morgan fingerprint density at radius 2 is 1.31 bits per heavy atom. The number of hydrogen-bond donors (Lipinski definition) is 0. The Hall–Kier alpha value is -1.30. The van der Waals surface area contributed by atoms with Gasteiger partial charge in [0.25, 0.3) is 0 Å². The fraction of sp³-hybridized carbons (Fsp3) is 0.615. The molecule has 0 spiro atoms. The van der Waals surface area contributed by atoms with Gasteiger partial charge in [-0.3, -0.25) is 0 Å². The van der Waals surface area contributed by atoms with E-state index in [1.807, 2.05) is 0 Å². The van der Waals surface area contributed by atoms with Crippen molar-refractivity contribution in [1.82, 2.24) is 0 Å². The molecule has 2 aliphatic rings. The zero-order valence-corrected chi connectivity index (χ0v) is 16.8. The van der Waals surface area contributed by atoms with Gasteiger partial charge >= 0.3 is 0 Å². The van der Waals surface area contributed by atoms with Crippen molar-refractivity contribution in [2.45, 2.75) is 84.0 Å². The molecule has 0 radical (unpaired) electrons. The molecule has 0 heterocycles. The minimum Gasteiger partial charge on any atom is -0.0651 e. The Morgan fingerprint density at radius 3 is 1.96 bits per heavy atom. The van der Waals surface area contributed by atoms with Gasteiger partial charge in [-0.05, 0) is 90.5 Å². The van der Waals surface area contributed by atoms with Gasteiger partial charge in [0.2, 0.25) is 0 Å². The highest BCUT2D eigenvalue weighted by Crippen LogP contribution is 2.44. The first-order valence-corrected chi connectivity index (χ1v) is 11.3. The zero-order chi connectivity index (χ0) is 17.9. The second-order valence-electron chi connectivity index (χ2n) is 9.10. The maximum atomic E-state index is 2.48. The van der Waals surface area contributed by atoms with Gasteiger partial charge < -0.3 is 0 Å². The Bertz CT molecular complexity index is 712. The lowest BCUT2D eigenvalue weighted by atomic mass is 9.68. The zero-order valence-electron chi connectivity index (χ0n) is 16.8. The average Bonchev–Trinajstić information content (AvgIpc) is 2.73. The molecule has 140 valence electrons. The van der Waals surface area contributed by atoms with E-state index in [-0.39, 0.29) is 0 Å². The van der Waals surface area contributed by atoms with E-state index in [1.54, 1.807) is 5.56 Å². The van der Waals surface area contributed by atoms with E-state index < -0.39 is 0 Å². The normalized spacial score (nSPS) is 29.8. The fourth-order valence-corrected chi connectivity index (χ4v) is 5.78. The van der Waals surface area contributed by atoms with Gasteiger partial charge in [-0.2, -0.15) is 0 Å². The fourth-order valence-electron chi connectivity index (χ4n) is 5.78. The van der Waals surface area contributed by atoms with Crippen molar-refractivity contribution in [3.8, 4) is 0 Å². The molecule has 0 aromatic heterocycles. The largest absolute Gasteiger partial charge is 0.0651 e. The summed E-state index contributed by atoms with van der Waals surface area (Å²) in [5, 5.41) is 2.84. The van der Waals surface area contributed by atoms with Crippen LogP contribution in [-0.4, -0.2) is 0 Å². The van der Waals surface area contributed by atoms with Crippen molar-refractivity contribution >= 4 is 10.8 Å². The predicted molar refractivity (Wildman–Crippen MR) is 114 cm³/mol. The highest BCUT2D eigenvalue weighted by molar-refractivity contribution is 5.84. The van der Waals surface area contributed by atoms with Crippen LogP contribution in [0.15, 0.2) is 36.4 Å². The first-order chi connectivity index (χ1) is 12.8. The summed E-state index contributed by atoms with van der Waals surface area (Å²) in [6.07, 6.45) is 14.3. The van der Waals surface area contributed by atoms with E-state index in [0.29, 0.717) is 0 Å². The van der Waals surface area contributed by atoms with Crippen molar-refractivity contribution in [2.75, 3.05) is 0 Å². The standard InChI is InChI=1S/C26H36/c1-3-19-5-8-21(9-6-19)22-11-13-23(14-12-22)25-16-15-24-17-20(4-2)7-10-26(24)18-25/h7,10,15-19,21-23H,3-6,8-9,11-14H2,1-2H3. The van der Waals surface area contributed by atoms with E-state index in [4.69, 9.17) is 0 Å². The van der Waals surface area contributed by atoms with E-state index in [9.17, 15) is 0 Å².